The molecule has 0 bridgehead atoms. The molecule has 0 amide bonds. The van der Waals surface area contributed by atoms with Crippen LogP contribution in [0.15, 0.2) is 24.5 Å². The fourth-order valence-corrected chi connectivity index (χ4v) is 1.86. The van der Waals surface area contributed by atoms with Crippen LogP contribution in [0.5, 0.6) is 5.75 Å². The number of halogens is 1. The minimum atomic E-state index is -0.378. The van der Waals surface area contributed by atoms with Crippen molar-refractivity contribution < 1.29 is 13.9 Å². The van der Waals surface area contributed by atoms with Crippen molar-refractivity contribution in [3.05, 3.63) is 41.7 Å². The molecular formula is C14H19FN4O2. The van der Waals surface area contributed by atoms with Crippen molar-refractivity contribution in [1.29, 1.82) is 0 Å². The third-order valence-corrected chi connectivity index (χ3v) is 2.91. The van der Waals surface area contributed by atoms with Gasteiger partial charge in [-0.05, 0) is 17.7 Å². The number of benzene rings is 1. The van der Waals surface area contributed by atoms with E-state index in [1.165, 1.54) is 13.2 Å². The van der Waals surface area contributed by atoms with Gasteiger partial charge in [0, 0.05) is 13.7 Å². The highest BCUT2D eigenvalue weighted by molar-refractivity contribution is 5.29. The molecule has 0 aliphatic rings. The van der Waals surface area contributed by atoms with Crippen LogP contribution in [0.2, 0.25) is 0 Å². The first-order chi connectivity index (χ1) is 10.2. The largest absolute Gasteiger partial charge is 0.494 e. The molecular weight excluding hydrogens is 275 g/mol. The highest BCUT2D eigenvalue weighted by Crippen LogP contribution is 2.18. The summed E-state index contributed by atoms with van der Waals surface area (Å²) < 4.78 is 25.1. The van der Waals surface area contributed by atoms with Crippen molar-refractivity contribution in [2.75, 3.05) is 27.4 Å². The Morgan fingerprint density at radius 2 is 2.19 bits per heavy atom. The molecule has 1 aromatic heterocycles. The summed E-state index contributed by atoms with van der Waals surface area (Å²) in [6, 6.07) is 4.85. The molecule has 0 fully saturated rings. The number of methoxy groups -OCH3 is 2. The molecule has 0 aliphatic carbocycles. The van der Waals surface area contributed by atoms with Gasteiger partial charge in [0.2, 0.25) is 0 Å². The zero-order valence-electron chi connectivity index (χ0n) is 12.2. The molecule has 1 N–H and O–H groups in total. The molecule has 1 heterocycles. The smallest absolute Gasteiger partial charge is 0.165 e. The molecule has 1 aromatic carbocycles. The molecule has 2 aromatic rings. The Balaban J connectivity index is 1.91. The van der Waals surface area contributed by atoms with E-state index in [2.05, 4.69) is 15.4 Å². The summed E-state index contributed by atoms with van der Waals surface area (Å²) >= 11 is 0. The third-order valence-electron chi connectivity index (χ3n) is 2.91. The Hall–Kier alpha value is -1.99. The van der Waals surface area contributed by atoms with E-state index in [4.69, 9.17) is 9.47 Å². The summed E-state index contributed by atoms with van der Waals surface area (Å²) in [5.74, 6) is 0.553. The average Bonchev–Trinajstić information content (AvgIpc) is 2.91. The highest BCUT2D eigenvalue weighted by Gasteiger charge is 2.05. The molecule has 2 rings (SSSR count). The quantitative estimate of drug-likeness (QED) is 0.742. The lowest BCUT2D eigenvalue weighted by Crippen LogP contribution is -2.19. The van der Waals surface area contributed by atoms with Crippen LogP contribution in [0.25, 0.3) is 0 Å². The fraction of sp³-hybridized carbons (Fsp3) is 0.429. The lowest BCUT2D eigenvalue weighted by Gasteiger charge is -2.05. The Bertz CT molecular complexity index is 574. The Kier molecular flexibility index (Phi) is 5.65. The molecule has 0 spiro atoms. The maximum absolute atomic E-state index is 13.6. The molecule has 7 heteroatoms. The van der Waals surface area contributed by atoms with Gasteiger partial charge in [-0.25, -0.2) is 14.1 Å². The average molecular weight is 294 g/mol. The van der Waals surface area contributed by atoms with E-state index < -0.39 is 0 Å². The predicted molar refractivity (Wildman–Crippen MR) is 75.7 cm³/mol. The second kappa shape index (κ2) is 7.70. The van der Waals surface area contributed by atoms with Crippen LogP contribution in [0, 0.1) is 5.82 Å². The van der Waals surface area contributed by atoms with E-state index in [0.29, 0.717) is 25.5 Å². The van der Waals surface area contributed by atoms with Crippen LogP contribution in [0.1, 0.15) is 11.4 Å². The first-order valence-electron chi connectivity index (χ1n) is 6.63. The summed E-state index contributed by atoms with van der Waals surface area (Å²) in [5.41, 5.74) is 0.803. The van der Waals surface area contributed by atoms with Gasteiger partial charge < -0.3 is 14.8 Å². The lowest BCUT2D eigenvalue weighted by molar-refractivity contribution is 0.199. The Morgan fingerprint density at radius 3 is 2.90 bits per heavy atom. The summed E-state index contributed by atoms with van der Waals surface area (Å²) in [6.45, 7) is 2.43. The van der Waals surface area contributed by atoms with E-state index in [9.17, 15) is 4.39 Å². The van der Waals surface area contributed by atoms with Gasteiger partial charge in [-0.15, -0.1) is 0 Å². The van der Waals surface area contributed by atoms with Crippen LogP contribution in [0.3, 0.4) is 0 Å². The molecule has 0 atom stereocenters. The summed E-state index contributed by atoms with van der Waals surface area (Å²) in [7, 11) is 3.10. The number of nitrogens with one attached hydrogen (secondary N) is 1. The molecule has 0 saturated carbocycles. The molecule has 6 nitrogen and oxygen atoms in total. The van der Waals surface area contributed by atoms with Gasteiger partial charge in [-0.1, -0.05) is 6.07 Å². The standard InChI is InChI=1S/C14H19FN4O2/c1-20-6-5-16-8-14-17-10-19(18-14)9-11-3-4-13(21-2)12(15)7-11/h3-4,7,10,16H,5-6,8-9H2,1-2H3. The van der Waals surface area contributed by atoms with Crippen molar-refractivity contribution in [1.82, 2.24) is 20.1 Å². The SMILES string of the molecule is COCCNCc1ncn(Cc2ccc(OC)c(F)c2)n1. The Labute approximate surface area is 122 Å². The van der Waals surface area contributed by atoms with Crippen molar-refractivity contribution in [3.63, 3.8) is 0 Å². The first kappa shape index (κ1) is 15.4. The van der Waals surface area contributed by atoms with Gasteiger partial charge in [0.25, 0.3) is 0 Å². The number of aromatic nitrogens is 3. The van der Waals surface area contributed by atoms with Gasteiger partial charge in [0.05, 0.1) is 26.8 Å². The van der Waals surface area contributed by atoms with Gasteiger partial charge in [0.15, 0.2) is 17.4 Å². The fourth-order valence-electron chi connectivity index (χ4n) is 1.86. The topological polar surface area (TPSA) is 61.2 Å². The van der Waals surface area contributed by atoms with Gasteiger partial charge >= 0.3 is 0 Å². The third kappa shape index (κ3) is 4.51. The zero-order valence-corrected chi connectivity index (χ0v) is 12.2. The van der Waals surface area contributed by atoms with Crippen LogP contribution >= 0.6 is 0 Å². The first-order valence-corrected chi connectivity index (χ1v) is 6.63. The number of hydrogen-bond acceptors (Lipinski definition) is 5. The summed E-state index contributed by atoms with van der Waals surface area (Å²) in [4.78, 5) is 4.20. The van der Waals surface area contributed by atoms with E-state index in [0.717, 1.165) is 12.1 Å². The molecule has 0 saturated heterocycles. The second-order valence-electron chi connectivity index (χ2n) is 4.50. The number of rotatable bonds is 8. The van der Waals surface area contributed by atoms with Crippen molar-refractivity contribution in [2.45, 2.75) is 13.1 Å². The molecule has 114 valence electrons. The second-order valence-corrected chi connectivity index (χ2v) is 4.50. The van der Waals surface area contributed by atoms with Crippen LogP contribution in [-0.4, -0.2) is 42.1 Å². The molecule has 0 unspecified atom stereocenters. The summed E-state index contributed by atoms with van der Waals surface area (Å²) in [6.07, 6.45) is 1.63. The lowest BCUT2D eigenvalue weighted by atomic mass is 10.2. The number of nitrogens with zero attached hydrogens (tertiary/aromatic N) is 3. The van der Waals surface area contributed by atoms with Gasteiger partial charge in [-0.3, -0.25) is 0 Å². The highest BCUT2D eigenvalue weighted by atomic mass is 19.1. The van der Waals surface area contributed by atoms with Crippen molar-refractivity contribution in [2.24, 2.45) is 0 Å². The predicted octanol–water partition coefficient (Wildman–Crippen LogP) is 1.21. The zero-order chi connectivity index (χ0) is 15.1. The van der Waals surface area contributed by atoms with Gasteiger partial charge in [0.1, 0.15) is 6.33 Å². The van der Waals surface area contributed by atoms with Crippen LogP contribution in [-0.2, 0) is 17.8 Å². The number of ether oxygens (including phenoxy) is 2. The van der Waals surface area contributed by atoms with E-state index in [-0.39, 0.29) is 11.6 Å². The molecule has 21 heavy (non-hydrogen) atoms. The van der Waals surface area contributed by atoms with E-state index in [1.54, 1.807) is 30.3 Å². The van der Waals surface area contributed by atoms with E-state index in [1.807, 2.05) is 0 Å². The minimum absolute atomic E-state index is 0.236. The van der Waals surface area contributed by atoms with Gasteiger partial charge in [-0.2, -0.15) is 5.10 Å². The maximum atomic E-state index is 13.6. The maximum Gasteiger partial charge on any atom is 0.165 e. The monoisotopic (exact) mass is 294 g/mol. The van der Waals surface area contributed by atoms with Crippen LogP contribution < -0.4 is 10.1 Å². The minimum Gasteiger partial charge on any atom is -0.494 e. The molecule has 0 radical (unpaired) electrons. The van der Waals surface area contributed by atoms with Crippen molar-refractivity contribution in [3.8, 4) is 5.75 Å². The van der Waals surface area contributed by atoms with Crippen molar-refractivity contribution >= 4 is 0 Å². The van der Waals surface area contributed by atoms with E-state index >= 15 is 0 Å². The Morgan fingerprint density at radius 1 is 1.33 bits per heavy atom. The molecule has 0 aliphatic heterocycles. The van der Waals surface area contributed by atoms with Crippen LogP contribution in [0.4, 0.5) is 4.39 Å². The summed E-state index contributed by atoms with van der Waals surface area (Å²) in [5, 5.41) is 7.49. The number of hydrogen-bond donors (Lipinski definition) is 1. The normalized spacial score (nSPS) is 10.8.